The molecule has 154 valence electrons. The zero-order valence-corrected chi connectivity index (χ0v) is 17.4. The van der Waals surface area contributed by atoms with Crippen molar-refractivity contribution in [3.8, 4) is 0 Å². The van der Waals surface area contributed by atoms with Crippen molar-refractivity contribution in [1.82, 2.24) is 5.32 Å². The van der Waals surface area contributed by atoms with E-state index in [2.05, 4.69) is 5.32 Å². The molecule has 0 bridgehead atoms. The lowest BCUT2D eigenvalue weighted by molar-refractivity contribution is -0.146. The fourth-order valence-corrected chi connectivity index (χ4v) is 3.55. The van der Waals surface area contributed by atoms with Crippen molar-refractivity contribution in [3.63, 3.8) is 0 Å². The van der Waals surface area contributed by atoms with Gasteiger partial charge in [-0.3, -0.25) is 14.4 Å². The molecule has 0 atom stereocenters. The second-order valence-corrected chi connectivity index (χ2v) is 7.84. The van der Waals surface area contributed by atoms with Crippen LogP contribution in [-0.4, -0.2) is 30.9 Å². The Labute approximate surface area is 179 Å². The van der Waals surface area contributed by atoms with E-state index in [9.17, 15) is 14.4 Å². The van der Waals surface area contributed by atoms with Crippen LogP contribution >= 0.6 is 11.3 Å². The fraction of sp³-hybridized carbons (Fsp3) is 0.174. The van der Waals surface area contributed by atoms with Crippen molar-refractivity contribution in [3.05, 3.63) is 88.1 Å². The first kappa shape index (κ1) is 21.3. The van der Waals surface area contributed by atoms with Crippen LogP contribution in [0.5, 0.6) is 0 Å². The maximum absolute atomic E-state index is 12.8. The molecule has 2 aromatic carbocycles. The highest BCUT2D eigenvalue weighted by atomic mass is 32.1. The van der Waals surface area contributed by atoms with Gasteiger partial charge in [0.15, 0.2) is 6.61 Å². The average molecular weight is 423 g/mol. The smallest absolute Gasteiger partial charge is 0.325 e. The van der Waals surface area contributed by atoms with Gasteiger partial charge in [-0.05, 0) is 36.8 Å². The highest BCUT2D eigenvalue weighted by Crippen LogP contribution is 2.17. The normalized spacial score (nSPS) is 10.3. The van der Waals surface area contributed by atoms with E-state index in [0.29, 0.717) is 17.1 Å². The van der Waals surface area contributed by atoms with Gasteiger partial charge >= 0.3 is 5.97 Å². The fourth-order valence-electron chi connectivity index (χ4n) is 2.76. The summed E-state index contributed by atoms with van der Waals surface area (Å²) < 4.78 is 5.09. The minimum absolute atomic E-state index is 0.299. The third kappa shape index (κ3) is 6.02. The first-order chi connectivity index (χ1) is 14.5. The summed E-state index contributed by atoms with van der Waals surface area (Å²) in [4.78, 5) is 39.9. The van der Waals surface area contributed by atoms with Gasteiger partial charge in [0.1, 0.15) is 6.54 Å². The Morgan fingerprint density at radius 2 is 1.60 bits per heavy atom. The molecule has 0 aliphatic heterocycles. The number of amides is 2. The van der Waals surface area contributed by atoms with Crippen molar-refractivity contribution >= 4 is 34.8 Å². The van der Waals surface area contributed by atoms with Crippen LogP contribution in [-0.2, 0) is 20.9 Å². The standard InChI is InChI=1S/C23H22N2O4S/c1-17-12-13-20(30-17)23(28)24-14-22(27)29-16-21(26)25(19-10-6-3-7-11-19)15-18-8-4-2-5-9-18/h2-13H,14-16H2,1H3,(H,24,28). The zero-order valence-electron chi connectivity index (χ0n) is 16.5. The third-order valence-corrected chi connectivity index (χ3v) is 5.27. The largest absolute Gasteiger partial charge is 0.454 e. The molecule has 0 unspecified atom stereocenters. The van der Waals surface area contributed by atoms with E-state index in [0.717, 1.165) is 10.4 Å². The number of nitrogens with zero attached hydrogens (tertiary/aromatic N) is 1. The summed E-state index contributed by atoms with van der Waals surface area (Å²) in [5, 5.41) is 2.51. The highest BCUT2D eigenvalue weighted by Gasteiger charge is 2.18. The summed E-state index contributed by atoms with van der Waals surface area (Å²) in [5.74, 6) is -1.36. The van der Waals surface area contributed by atoms with Gasteiger partial charge in [0.2, 0.25) is 0 Å². The van der Waals surface area contributed by atoms with E-state index < -0.39 is 12.6 Å². The Balaban J connectivity index is 1.56. The SMILES string of the molecule is Cc1ccc(C(=O)NCC(=O)OCC(=O)N(Cc2ccccc2)c2ccccc2)s1. The zero-order chi connectivity index (χ0) is 21.3. The van der Waals surface area contributed by atoms with Gasteiger partial charge in [-0.2, -0.15) is 0 Å². The minimum Gasteiger partial charge on any atom is -0.454 e. The van der Waals surface area contributed by atoms with Gasteiger partial charge in [-0.1, -0.05) is 48.5 Å². The Bertz CT molecular complexity index is 1000. The van der Waals surface area contributed by atoms with Crippen LogP contribution < -0.4 is 10.2 Å². The number of nitrogens with one attached hydrogen (secondary N) is 1. The Morgan fingerprint density at radius 3 is 2.23 bits per heavy atom. The first-order valence-corrected chi connectivity index (χ1v) is 10.2. The van der Waals surface area contributed by atoms with E-state index in [1.165, 1.54) is 11.3 Å². The summed E-state index contributed by atoms with van der Waals surface area (Å²) in [6.07, 6.45) is 0. The summed E-state index contributed by atoms with van der Waals surface area (Å²) in [7, 11) is 0. The van der Waals surface area contributed by atoms with Crippen molar-refractivity contribution in [1.29, 1.82) is 0 Å². The number of thiophene rings is 1. The molecule has 0 fully saturated rings. The van der Waals surface area contributed by atoms with Crippen LogP contribution in [0.25, 0.3) is 0 Å². The molecule has 0 aliphatic carbocycles. The second kappa shape index (κ2) is 10.4. The van der Waals surface area contributed by atoms with Gasteiger partial charge in [-0.15, -0.1) is 11.3 Å². The second-order valence-electron chi connectivity index (χ2n) is 6.55. The third-order valence-electron chi connectivity index (χ3n) is 4.27. The molecule has 0 spiro atoms. The molecule has 0 saturated carbocycles. The van der Waals surface area contributed by atoms with E-state index >= 15 is 0 Å². The first-order valence-electron chi connectivity index (χ1n) is 9.42. The molecule has 1 aromatic heterocycles. The number of esters is 1. The average Bonchev–Trinajstić information content (AvgIpc) is 3.22. The van der Waals surface area contributed by atoms with Crippen molar-refractivity contribution < 1.29 is 19.1 Å². The Kier molecular flexibility index (Phi) is 7.34. The molecule has 2 amide bonds. The van der Waals surface area contributed by atoms with Gasteiger partial charge in [0.25, 0.3) is 11.8 Å². The molecule has 3 rings (SSSR count). The number of hydrogen-bond donors (Lipinski definition) is 1. The summed E-state index contributed by atoms with van der Waals surface area (Å²) >= 11 is 1.34. The number of para-hydroxylation sites is 1. The van der Waals surface area contributed by atoms with Gasteiger partial charge < -0.3 is 15.0 Å². The van der Waals surface area contributed by atoms with Crippen LogP contribution in [0.4, 0.5) is 5.69 Å². The maximum atomic E-state index is 12.8. The summed E-state index contributed by atoms with van der Waals surface area (Å²) in [6.45, 7) is 1.55. The summed E-state index contributed by atoms with van der Waals surface area (Å²) in [6, 6.07) is 22.3. The number of carbonyl (C=O) groups excluding carboxylic acids is 3. The lowest BCUT2D eigenvalue weighted by Crippen LogP contribution is -2.36. The van der Waals surface area contributed by atoms with Crippen LogP contribution in [0.3, 0.4) is 0 Å². The molecule has 30 heavy (non-hydrogen) atoms. The Hall–Kier alpha value is -3.45. The molecular weight excluding hydrogens is 400 g/mol. The predicted octanol–water partition coefficient (Wildman–Crippen LogP) is 3.56. The molecular formula is C23H22N2O4S. The molecule has 7 heteroatoms. The molecule has 0 aliphatic rings. The monoisotopic (exact) mass is 422 g/mol. The quantitative estimate of drug-likeness (QED) is 0.563. The van der Waals surface area contributed by atoms with Crippen LogP contribution in [0.15, 0.2) is 72.8 Å². The number of benzene rings is 2. The number of ether oxygens (including phenoxy) is 1. The van der Waals surface area contributed by atoms with Gasteiger partial charge in [0, 0.05) is 10.6 Å². The summed E-state index contributed by atoms with van der Waals surface area (Å²) in [5.41, 5.74) is 1.67. The van der Waals surface area contributed by atoms with E-state index in [4.69, 9.17) is 4.74 Å². The van der Waals surface area contributed by atoms with E-state index in [-0.39, 0.29) is 18.4 Å². The number of anilines is 1. The number of hydrogen-bond acceptors (Lipinski definition) is 5. The number of aryl methyl sites for hydroxylation is 1. The van der Waals surface area contributed by atoms with Gasteiger partial charge in [-0.25, -0.2) is 0 Å². The molecule has 0 saturated heterocycles. The van der Waals surface area contributed by atoms with E-state index in [1.807, 2.05) is 73.7 Å². The lowest BCUT2D eigenvalue weighted by atomic mass is 10.2. The molecule has 1 N–H and O–H groups in total. The molecule has 0 radical (unpaired) electrons. The lowest BCUT2D eigenvalue weighted by Gasteiger charge is -2.23. The van der Waals surface area contributed by atoms with E-state index in [1.54, 1.807) is 11.0 Å². The molecule has 1 heterocycles. The number of carbonyl (C=O) groups is 3. The topological polar surface area (TPSA) is 75.7 Å². The molecule has 6 nitrogen and oxygen atoms in total. The number of rotatable bonds is 8. The van der Waals surface area contributed by atoms with Gasteiger partial charge in [0.05, 0.1) is 11.4 Å². The van der Waals surface area contributed by atoms with Crippen molar-refractivity contribution in [2.45, 2.75) is 13.5 Å². The van der Waals surface area contributed by atoms with Crippen LogP contribution in [0, 0.1) is 6.92 Å². The maximum Gasteiger partial charge on any atom is 0.325 e. The highest BCUT2D eigenvalue weighted by molar-refractivity contribution is 7.13. The molecule has 3 aromatic rings. The van der Waals surface area contributed by atoms with Crippen molar-refractivity contribution in [2.24, 2.45) is 0 Å². The van der Waals surface area contributed by atoms with Crippen LogP contribution in [0.2, 0.25) is 0 Å². The van der Waals surface area contributed by atoms with Crippen molar-refractivity contribution in [2.75, 3.05) is 18.1 Å². The predicted molar refractivity (Wildman–Crippen MR) is 116 cm³/mol. The Morgan fingerprint density at radius 1 is 0.933 bits per heavy atom. The van der Waals surface area contributed by atoms with Crippen LogP contribution in [0.1, 0.15) is 20.1 Å². The minimum atomic E-state index is -0.669.